The van der Waals surface area contributed by atoms with Crippen LogP contribution in [0.1, 0.15) is 0 Å². The Kier molecular flexibility index (Phi) is 5.24. The lowest BCUT2D eigenvalue weighted by atomic mass is 10.2. The summed E-state index contributed by atoms with van der Waals surface area (Å²) in [5, 5.41) is 9.97. The minimum absolute atomic E-state index is 0.0346. The first-order valence-corrected chi connectivity index (χ1v) is 8.59. The van der Waals surface area contributed by atoms with E-state index in [0.29, 0.717) is 17.2 Å². The van der Waals surface area contributed by atoms with Gasteiger partial charge in [0.15, 0.2) is 5.82 Å². The Hall–Kier alpha value is -2.82. The molecule has 0 fully saturated rings. The highest BCUT2D eigenvalue weighted by Crippen LogP contribution is 2.28. The molecule has 1 amide bonds. The van der Waals surface area contributed by atoms with Crippen LogP contribution in [0.3, 0.4) is 0 Å². The SMILES string of the molecule is COc1ccc(NC(=O)Cn2cc(NS(C)(=O)=O)nn2)c(OC)c1. The first kappa shape index (κ1) is 17.5. The molecule has 0 saturated carbocycles. The van der Waals surface area contributed by atoms with E-state index in [2.05, 4.69) is 20.4 Å². The summed E-state index contributed by atoms with van der Waals surface area (Å²) in [4.78, 5) is 12.1. The van der Waals surface area contributed by atoms with Gasteiger partial charge in [-0.25, -0.2) is 13.1 Å². The molecule has 130 valence electrons. The smallest absolute Gasteiger partial charge is 0.246 e. The molecule has 11 heteroatoms. The second-order valence-electron chi connectivity index (χ2n) is 4.79. The van der Waals surface area contributed by atoms with Crippen LogP contribution < -0.4 is 19.5 Å². The number of benzene rings is 1. The van der Waals surface area contributed by atoms with Gasteiger partial charge in [-0.15, -0.1) is 5.10 Å². The average Bonchev–Trinajstić information content (AvgIpc) is 2.92. The van der Waals surface area contributed by atoms with Crippen LogP contribution >= 0.6 is 0 Å². The predicted octanol–water partition coefficient (Wildman–Crippen LogP) is 0.305. The van der Waals surface area contributed by atoms with Crippen molar-refractivity contribution in [2.24, 2.45) is 0 Å². The third-order valence-electron chi connectivity index (χ3n) is 2.82. The second-order valence-corrected chi connectivity index (χ2v) is 6.54. The van der Waals surface area contributed by atoms with Crippen LogP contribution in [-0.2, 0) is 21.4 Å². The first-order valence-electron chi connectivity index (χ1n) is 6.70. The fraction of sp³-hybridized carbons (Fsp3) is 0.308. The van der Waals surface area contributed by atoms with Gasteiger partial charge in [-0.1, -0.05) is 5.21 Å². The molecule has 0 radical (unpaired) electrons. The Bertz CT molecular complexity index is 833. The number of carbonyl (C=O) groups is 1. The molecular weight excluding hydrogens is 338 g/mol. The van der Waals surface area contributed by atoms with Gasteiger partial charge in [0, 0.05) is 6.07 Å². The first-order chi connectivity index (χ1) is 11.3. The largest absolute Gasteiger partial charge is 0.497 e. The molecule has 1 heterocycles. The minimum atomic E-state index is -3.45. The summed E-state index contributed by atoms with van der Waals surface area (Å²) < 4.78 is 35.9. The Labute approximate surface area is 138 Å². The zero-order valence-corrected chi connectivity index (χ0v) is 14.1. The second kappa shape index (κ2) is 7.17. The number of nitrogens with one attached hydrogen (secondary N) is 2. The topological polar surface area (TPSA) is 124 Å². The molecule has 0 unspecified atom stereocenters. The fourth-order valence-electron chi connectivity index (χ4n) is 1.85. The number of methoxy groups -OCH3 is 2. The molecule has 0 spiro atoms. The number of nitrogens with zero attached hydrogens (tertiary/aromatic N) is 3. The normalized spacial score (nSPS) is 11.0. The van der Waals surface area contributed by atoms with Gasteiger partial charge in [-0.3, -0.25) is 9.52 Å². The van der Waals surface area contributed by atoms with Gasteiger partial charge in [0.25, 0.3) is 0 Å². The van der Waals surface area contributed by atoms with Gasteiger partial charge < -0.3 is 14.8 Å². The number of hydrogen-bond acceptors (Lipinski definition) is 7. The van der Waals surface area contributed by atoms with Crippen molar-refractivity contribution in [2.75, 3.05) is 30.5 Å². The van der Waals surface area contributed by atoms with Gasteiger partial charge in [-0.2, -0.15) is 0 Å². The van der Waals surface area contributed by atoms with E-state index in [1.165, 1.54) is 25.1 Å². The maximum atomic E-state index is 12.1. The molecule has 0 aliphatic rings. The number of anilines is 2. The van der Waals surface area contributed by atoms with Crippen molar-refractivity contribution in [3.8, 4) is 11.5 Å². The Morgan fingerprint density at radius 3 is 2.67 bits per heavy atom. The highest BCUT2D eigenvalue weighted by molar-refractivity contribution is 7.92. The molecule has 1 aromatic heterocycles. The van der Waals surface area contributed by atoms with Crippen LogP contribution in [0.4, 0.5) is 11.5 Å². The third kappa shape index (κ3) is 4.84. The number of hydrogen-bond donors (Lipinski definition) is 2. The van der Waals surface area contributed by atoms with Crippen LogP contribution in [0.15, 0.2) is 24.4 Å². The summed E-state index contributed by atoms with van der Waals surface area (Å²) in [6, 6.07) is 4.97. The summed E-state index contributed by atoms with van der Waals surface area (Å²) in [6.07, 6.45) is 2.31. The van der Waals surface area contributed by atoms with Crippen molar-refractivity contribution in [1.82, 2.24) is 15.0 Å². The third-order valence-corrected chi connectivity index (χ3v) is 3.40. The number of ether oxygens (including phenoxy) is 2. The van der Waals surface area contributed by atoms with E-state index in [1.807, 2.05) is 0 Å². The number of amides is 1. The highest BCUT2D eigenvalue weighted by atomic mass is 32.2. The van der Waals surface area contributed by atoms with E-state index in [9.17, 15) is 13.2 Å². The van der Waals surface area contributed by atoms with E-state index in [0.717, 1.165) is 6.26 Å². The number of carbonyl (C=O) groups excluding carboxylic acids is 1. The number of sulfonamides is 1. The summed E-state index contributed by atoms with van der Waals surface area (Å²) >= 11 is 0. The lowest BCUT2D eigenvalue weighted by Gasteiger charge is -2.11. The zero-order chi connectivity index (χ0) is 17.7. The quantitative estimate of drug-likeness (QED) is 0.732. The summed E-state index contributed by atoms with van der Waals surface area (Å²) in [5.74, 6) is 0.694. The molecule has 0 aliphatic carbocycles. The zero-order valence-electron chi connectivity index (χ0n) is 13.3. The van der Waals surface area contributed by atoms with Crippen molar-refractivity contribution < 1.29 is 22.7 Å². The van der Waals surface area contributed by atoms with E-state index >= 15 is 0 Å². The van der Waals surface area contributed by atoms with Crippen LogP contribution in [0.2, 0.25) is 0 Å². The van der Waals surface area contributed by atoms with Gasteiger partial charge >= 0.3 is 0 Å². The Balaban J connectivity index is 2.03. The Morgan fingerprint density at radius 2 is 2.04 bits per heavy atom. The standard InChI is InChI=1S/C13H17N5O5S/c1-22-9-4-5-10(11(6-9)23-2)14-13(19)8-18-7-12(15-17-18)16-24(3,20)21/h4-7,16H,8H2,1-3H3,(H,14,19). The van der Waals surface area contributed by atoms with E-state index in [4.69, 9.17) is 9.47 Å². The van der Waals surface area contributed by atoms with Gasteiger partial charge in [-0.05, 0) is 12.1 Å². The molecule has 2 aromatic rings. The molecule has 0 bridgehead atoms. The monoisotopic (exact) mass is 355 g/mol. The average molecular weight is 355 g/mol. The molecular formula is C13H17N5O5S. The van der Waals surface area contributed by atoms with Gasteiger partial charge in [0.1, 0.15) is 18.0 Å². The highest BCUT2D eigenvalue weighted by Gasteiger charge is 2.12. The van der Waals surface area contributed by atoms with E-state index < -0.39 is 10.0 Å². The van der Waals surface area contributed by atoms with Crippen LogP contribution in [0.25, 0.3) is 0 Å². The van der Waals surface area contributed by atoms with Gasteiger partial charge in [0.2, 0.25) is 15.9 Å². The van der Waals surface area contributed by atoms with Crippen LogP contribution in [-0.4, -0.2) is 49.8 Å². The number of aromatic nitrogens is 3. The molecule has 2 rings (SSSR count). The molecule has 0 aliphatic heterocycles. The van der Waals surface area contributed by atoms with E-state index in [-0.39, 0.29) is 18.3 Å². The van der Waals surface area contributed by atoms with Crippen molar-refractivity contribution in [1.29, 1.82) is 0 Å². The maximum Gasteiger partial charge on any atom is 0.246 e. The lowest BCUT2D eigenvalue weighted by molar-refractivity contribution is -0.116. The fourth-order valence-corrected chi connectivity index (χ4v) is 2.32. The van der Waals surface area contributed by atoms with Crippen LogP contribution in [0, 0.1) is 0 Å². The summed E-state index contributed by atoms with van der Waals surface area (Å²) in [5.41, 5.74) is 0.470. The van der Waals surface area contributed by atoms with Gasteiger partial charge in [0.05, 0.1) is 32.4 Å². The van der Waals surface area contributed by atoms with Crippen molar-refractivity contribution in [2.45, 2.75) is 6.54 Å². The van der Waals surface area contributed by atoms with Crippen molar-refractivity contribution in [3.63, 3.8) is 0 Å². The molecule has 10 nitrogen and oxygen atoms in total. The van der Waals surface area contributed by atoms with Crippen molar-refractivity contribution in [3.05, 3.63) is 24.4 Å². The molecule has 0 saturated heterocycles. The molecule has 0 atom stereocenters. The summed E-state index contributed by atoms with van der Waals surface area (Å²) in [7, 11) is -0.446. The van der Waals surface area contributed by atoms with Crippen LogP contribution in [0.5, 0.6) is 11.5 Å². The van der Waals surface area contributed by atoms with Crippen molar-refractivity contribution >= 4 is 27.4 Å². The predicted molar refractivity (Wildman–Crippen MR) is 86.7 cm³/mol. The van der Waals surface area contributed by atoms with E-state index in [1.54, 1.807) is 18.2 Å². The lowest BCUT2D eigenvalue weighted by Crippen LogP contribution is -2.19. The number of rotatable bonds is 7. The Morgan fingerprint density at radius 1 is 1.29 bits per heavy atom. The molecule has 2 N–H and O–H groups in total. The summed E-state index contributed by atoms with van der Waals surface area (Å²) in [6.45, 7) is -0.145. The minimum Gasteiger partial charge on any atom is -0.497 e. The maximum absolute atomic E-state index is 12.1. The molecule has 1 aromatic carbocycles. The molecule has 24 heavy (non-hydrogen) atoms.